The minimum Gasteiger partial charge on any atom is -0.329 e. The van der Waals surface area contributed by atoms with Gasteiger partial charge in [0.1, 0.15) is 0 Å². The fourth-order valence-corrected chi connectivity index (χ4v) is 1.75. The van der Waals surface area contributed by atoms with Crippen molar-refractivity contribution in [2.75, 3.05) is 7.05 Å². The summed E-state index contributed by atoms with van der Waals surface area (Å²) in [5.41, 5.74) is 0. The van der Waals surface area contributed by atoms with Gasteiger partial charge in [-0.15, -0.1) is 0 Å². The molecule has 0 heterocycles. The van der Waals surface area contributed by atoms with E-state index >= 15 is 0 Å². The summed E-state index contributed by atoms with van der Waals surface area (Å²) < 4.78 is 0. The lowest BCUT2D eigenvalue weighted by atomic mass is 9.95. The molecule has 69 valence electrons. The van der Waals surface area contributed by atoms with Crippen LogP contribution in [-0.4, -0.2) is 23.4 Å². The van der Waals surface area contributed by atoms with Crippen molar-refractivity contribution in [3.8, 4) is 0 Å². The maximum atomic E-state index is 10.7. The van der Waals surface area contributed by atoms with Gasteiger partial charge < -0.3 is 4.90 Å². The largest absolute Gasteiger partial charge is 0.329 e. The summed E-state index contributed by atoms with van der Waals surface area (Å²) in [5, 5.41) is -0.322. The van der Waals surface area contributed by atoms with Crippen molar-refractivity contribution in [2.45, 2.75) is 38.1 Å². The molecular formula is C8H14ClN2O. The first-order chi connectivity index (χ1) is 5.22. The maximum absolute atomic E-state index is 10.7. The average Bonchev–Trinajstić information content (AvgIpc) is 2.05. The molecule has 1 fully saturated rings. The van der Waals surface area contributed by atoms with Crippen molar-refractivity contribution in [1.29, 1.82) is 0 Å². The van der Waals surface area contributed by atoms with E-state index < -0.39 is 0 Å². The zero-order chi connectivity index (χ0) is 8.27. The van der Waals surface area contributed by atoms with Crippen molar-refractivity contribution in [3.05, 3.63) is 0 Å². The number of rotatable bonds is 1. The number of amides is 1. The van der Waals surface area contributed by atoms with Crippen molar-refractivity contribution in [2.24, 2.45) is 0 Å². The second-order valence-corrected chi connectivity index (χ2v) is 3.48. The molecule has 0 aromatic heterocycles. The minimum absolute atomic E-state index is 0. The molecule has 0 spiro atoms. The Morgan fingerprint density at radius 1 is 1.33 bits per heavy atom. The highest BCUT2D eigenvalue weighted by molar-refractivity contribution is 6.62. The van der Waals surface area contributed by atoms with E-state index in [0.29, 0.717) is 6.04 Å². The van der Waals surface area contributed by atoms with Crippen LogP contribution in [0.2, 0.25) is 0 Å². The first kappa shape index (κ1) is 11.7. The normalized spacial score (nSPS) is 18.2. The molecule has 1 rings (SSSR count). The van der Waals surface area contributed by atoms with Gasteiger partial charge in [-0.2, -0.15) is 0 Å². The number of carbonyl (C=O) groups is 1. The molecule has 0 aromatic carbocycles. The second kappa shape index (κ2) is 5.38. The third-order valence-electron chi connectivity index (χ3n) is 2.40. The smallest absolute Gasteiger partial charge is 0.316 e. The fourth-order valence-electron chi connectivity index (χ4n) is 1.61. The topological polar surface area (TPSA) is 50.8 Å². The van der Waals surface area contributed by atoms with Crippen LogP contribution >= 0.6 is 11.6 Å². The second-order valence-electron chi connectivity index (χ2n) is 3.16. The predicted molar refractivity (Wildman–Crippen MR) is 48.0 cm³/mol. The molecule has 0 bridgehead atoms. The van der Waals surface area contributed by atoms with Crippen molar-refractivity contribution in [3.63, 3.8) is 0 Å². The standard InChI is InChI=1S/C8H14ClNO.N/c1-10(8(9)11)7-5-3-2-4-6-7;/h7H,2-6H2,1H3;. The molecule has 12 heavy (non-hydrogen) atoms. The highest BCUT2D eigenvalue weighted by Crippen LogP contribution is 2.22. The molecule has 3 nitrogen and oxygen atoms in total. The molecular weight excluding hydrogens is 176 g/mol. The van der Waals surface area contributed by atoms with Crippen molar-refractivity contribution < 1.29 is 4.79 Å². The van der Waals surface area contributed by atoms with Crippen LogP contribution in [-0.2, 0) is 0 Å². The van der Waals surface area contributed by atoms with Gasteiger partial charge in [0.15, 0.2) is 0 Å². The van der Waals surface area contributed by atoms with Gasteiger partial charge in [-0.05, 0) is 24.4 Å². The summed E-state index contributed by atoms with van der Waals surface area (Å²) in [6.07, 6.45) is 6.02. The third-order valence-corrected chi connectivity index (χ3v) is 2.67. The maximum Gasteiger partial charge on any atom is 0.316 e. The molecule has 0 atom stereocenters. The van der Waals surface area contributed by atoms with E-state index in [1.807, 2.05) is 0 Å². The van der Waals surface area contributed by atoms with Gasteiger partial charge in [0.25, 0.3) is 0 Å². The predicted octanol–water partition coefficient (Wildman–Crippen LogP) is 2.13. The van der Waals surface area contributed by atoms with Crippen LogP contribution < -0.4 is 6.15 Å². The summed E-state index contributed by atoms with van der Waals surface area (Å²) in [4.78, 5) is 12.4. The van der Waals surface area contributed by atoms with E-state index in [9.17, 15) is 4.79 Å². The Morgan fingerprint density at radius 3 is 2.25 bits per heavy atom. The molecule has 1 aliphatic carbocycles. The molecule has 0 saturated heterocycles. The molecule has 0 aliphatic heterocycles. The van der Waals surface area contributed by atoms with Gasteiger partial charge >= 0.3 is 5.37 Å². The van der Waals surface area contributed by atoms with E-state index in [1.165, 1.54) is 19.3 Å². The molecule has 1 amide bonds. The highest BCUT2D eigenvalue weighted by atomic mass is 35.5. The summed E-state index contributed by atoms with van der Waals surface area (Å²) in [5.74, 6) is 0. The van der Waals surface area contributed by atoms with Crippen LogP contribution in [0.25, 0.3) is 0 Å². The van der Waals surface area contributed by atoms with E-state index in [4.69, 9.17) is 11.6 Å². The molecule has 4 heteroatoms. The zero-order valence-corrected chi connectivity index (χ0v) is 8.05. The van der Waals surface area contributed by atoms with Gasteiger partial charge in [0.2, 0.25) is 0 Å². The number of hydrogen-bond donors (Lipinski definition) is 0. The summed E-state index contributed by atoms with van der Waals surface area (Å²) >= 11 is 5.35. The molecule has 1 saturated carbocycles. The van der Waals surface area contributed by atoms with E-state index in [2.05, 4.69) is 0 Å². The molecule has 0 unspecified atom stereocenters. The number of nitrogens with zero attached hydrogens (tertiary/aromatic N) is 2. The van der Waals surface area contributed by atoms with Gasteiger partial charge in [0.05, 0.1) is 0 Å². The first-order valence-corrected chi connectivity index (χ1v) is 4.52. The van der Waals surface area contributed by atoms with E-state index in [1.54, 1.807) is 11.9 Å². The molecule has 3 radical (unpaired) electrons. The van der Waals surface area contributed by atoms with Crippen LogP contribution in [0.1, 0.15) is 32.1 Å². The lowest BCUT2D eigenvalue weighted by Gasteiger charge is -2.29. The Hall–Kier alpha value is -0.280. The van der Waals surface area contributed by atoms with Crippen LogP contribution in [0.15, 0.2) is 0 Å². The Bertz CT molecular complexity index is 146. The Morgan fingerprint density at radius 2 is 1.83 bits per heavy atom. The summed E-state index contributed by atoms with van der Waals surface area (Å²) in [6, 6.07) is 0.397. The van der Waals surface area contributed by atoms with Crippen LogP contribution in [0, 0.1) is 0 Å². The lowest BCUT2D eigenvalue weighted by molar-refractivity contribution is 0.195. The van der Waals surface area contributed by atoms with Crippen LogP contribution in [0.5, 0.6) is 0 Å². The number of halogens is 1. The van der Waals surface area contributed by atoms with E-state index in [-0.39, 0.29) is 11.5 Å². The Labute approximate surface area is 78.6 Å². The average molecular weight is 190 g/mol. The molecule has 0 N–H and O–H groups in total. The van der Waals surface area contributed by atoms with E-state index in [0.717, 1.165) is 12.8 Å². The van der Waals surface area contributed by atoms with Crippen molar-refractivity contribution in [1.82, 2.24) is 11.1 Å². The fraction of sp³-hybridized carbons (Fsp3) is 0.875. The van der Waals surface area contributed by atoms with Gasteiger partial charge in [0, 0.05) is 19.2 Å². The molecule has 1 aliphatic rings. The lowest BCUT2D eigenvalue weighted by Crippen LogP contribution is -2.34. The van der Waals surface area contributed by atoms with Crippen LogP contribution in [0.3, 0.4) is 0 Å². The number of hydrogen-bond acceptors (Lipinski definition) is 1. The van der Waals surface area contributed by atoms with Gasteiger partial charge in [-0.25, -0.2) is 0 Å². The SMILES string of the molecule is CN(C(=O)Cl)C1CCCCC1.[N]. The van der Waals surface area contributed by atoms with Crippen molar-refractivity contribution >= 4 is 17.0 Å². The highest BCUT2D eigenvalue weighted by Gasteiger charge is 2.20. The molecule has 0 aromatic rings. The minimum atomic E-state index is -0.322. The van der Waals surface area contributed by atoms with Gasteiger partial charge in [-0.1, -0.05) is 19.3 Å². The first-order valence-electron chi connectivity index (χ1n) is 4.14. The number of carbonyl (C=O) groups excluding carboxylic acids is 1. The van der Waals surface area contributed by atoms with Gasteiger partial charge in [-0.3, -0.25) is 4.79 Å². The monoisotopic (exact) mass is 189 g/mol. The third kappa shape index (κ3) is 2.99. The summed E-state index contributed by atoms with van der Waals surface area (Å²) in [7, 11) is 1.78. The zero-order valence-electron chi connectivity index (χ0n) is 7.29. The Kier molecular flexibility index (Phi) is 5.25. The summed E-state index contributed by atoms with van der Waals surface area (Å²) in [6.45, 7) is 0. The van der Waals surface area contributed by atoms with Crippen LogP contribution in [0.4, 0.5) is 4.79 Å². The quantitative estimate of drug-likeness (QED) is 0.461. The Balaban J connectivity index is 0.00000121.